The van der Waals surface area contributed by atoms with Crippen LogP contribution in [0.3, 0.4) is 0 Å². The lowest BCUT2D eigenvalue weighted by Crippen LogP contribution is -2.48. The van der Waals surface area contributed by atoms with Gasteiger partial charge in [-0.1, -0.05) is 26.7 Å². The topological polar surface area (TPSA) is 21.3 Å². The van der Waals surface area contributed by atoms with Gasteiger partial charge in [-0.25, -0.2) is 0 Å². The summed E-state index contributed by atoms with van der Waals surface area (Å²) in [5.41, 5.74) is 0. The highest BCUT2D eigenvalue weighted by atomic mass is 16.5. The maximum atomic E-state index is 5.72. The molecule has 0 aromatic rings. The molecule has 0 saturated carbocycles. The van der Waals surface area contributed by atoms with Crippen molar-refractivity contribution >= 4 is 0 Å². The van der Waals surface area contributed by atoms with Crippen LogP contribution in [0.2, 0.25) is 0 Å². The average molecular weight is 171 g/mol. The molecule has 0 bridgehead atoms. The Morgan fingerprint density at radius 2 is 2.00 bits per heavy atom. The van der Waals surface area contributed by atoms with Gasteiger partial charge in [0.2, 0.25) is 0 Å². The molecule has 1 aliphatic rings. The van der Waals surface area contributed by atoms with Crippen molar-refractivity contribution in [2.75, 3.05) is 13.2 Å². The maximum Gasteiger partial charge on any atom is 0.0728 e. The highest BCUT2D eigenvalue weighted by Gasteiger charge is 2.23. The summed E-state index contributed by atoms with van der Waals surface area (Å²) in [6.07, 6.45) is 5.42. The van der Waals surface area contributed by atoms with Crippen molar-refractivity contribution in [1.29, 1.82) is 0 Å². The predicted octanol–water partition coefficient (Wildman–Crippen LogP) is 1.94. The molecule has 1 aliphatic heterocycles. The Hall–Kier alpha value is -0.0800. The van der Waals surface area contributed by atoms with Gasteiger partial charge in [-0.2, -0.15) is 0 Å². The first kappa shape index (κ1) is 10.0. The molecule has 0 radical (unpaired) electrons. The fraction of sp³-hybridized carbons (Fsp3) is 1.00. The van der Waals surface area contributed by atoms with E-state index in [4.69, 9.17) is 4.74 Å². The molecule has 1 fully saturated rings. The van der Waals surface area contributed by atoms with Crippen LogP contribution in [-0.4, -0.2) is 25.3 Å². The van der Waals surface area contributed by atoms with Gasteiger partial charge in [-0.3, -0.25) is 0 Å². The Balaban J connectivity index is 2.31. The SMILES string of the molecule is CCCC1NCCOC1CCC. The van der Waals surface area contributed by atoms with Crippen molar-refractivity contribution in [2.24, 2.45) is 0 Å². The lowest BCUT2D eigenvalue weighted by Gasteiger charge is -2.32. The molecule has 2 unspecified atom stereocenters. The molecule has 0 spiro atoms. The molecule has 1 rings (SSSR count). The van der Waals surface area contributed by atoms with Gasteiger partial charge in [0, 0.05) is 12.6 Å². The van der Waals surface area contributed by atoms with Crippen LogP contribution in [0.4, 0.5) is 0 Å². The number of ether oxygens (including phenoxy) is 1. The van der Waals surface area contributed by atoms with E-state index in [1.165, 1.54) is 25.7 Å². The van der Waals surface area contributed by atoms with Gasteiger partial charge in [0.1, 0.15) is 0 Å². The highest BCUT2D eigenvalue weighted by Crippen LogP contribution is 2.14. The fourth-order valence-corrected chi connectivity index (χ4v) is 1.87. The van der Waals surface area contributed by atoms with Gasteiger partial charge < -0.3 is 10.1 Å². The van der Waals surface area contributed by atoms with Crippen LogP contribution in [0.5, 0.6) is 0 Å². The minimum Gasteiger partial charge on any atom is -0.375 e. The Kier molecular flexibility index (Phi) is 4.62. The van der Waals surface area contributed by atoms with Gasteiger partial charge in [0.05, 0.1) is 12.7 Å². The first-order valence-electron chi connectivity index (χ1n) is 5.23. The summed E-state index contributed by atoms with van der Waals surface area (Å²) in [5, 5.41) is 3.53. The van der Waals surface area contributed by atoms with Crippen LogP contribution in [0.25, 0.3) is 0 Å². The second-order valence-electron chi connectivity index (χ2n) is 3.55. The molecule has 0 aliphatic carbocycles. The van der Waals surface area contributed by atoms with Crippen molar-refractivity contribution in [3.63, 3.8) is 0 Å². The molecule has 1 heterocycles. The summed E-state index contributed by atoms with van der Waals surface area (Å²) >= 11 is 0. The van der Waals surface area contributed by atoms with E-state index in [-0.39, 0.29) is 0 Å². The van der Waals surface area contributed by atoms with Gasteiger partial charge >= 0.3 is 0 Å². The maximum absolute atomic E-state index is 5.72. The Bertz CT molecular complexity index is 98.4. The molecule has 2 heteroatoms. The molecule has 1 saturated heterocycles. The smallest absolute Gasteiger partial charge is 0.0728 e. The van der Waals surface area contributed by atoms with E-state index in [0.717, 1.165) is 13.2 Å². The Labute approximate surface area is 75.7 Å². The molecular weight excluding hydrogens is 150 g/mol. The van der Waals surface area contributed by atoms with Crippen LogP contribution in [0.15, 0.2) is 0 Å². The summed E-state index contributed by atoms with van der Waals surface area (Å²) in [4.78, 5) is 0. The zero-order chi connectivity index (χ0) is 8.81. The normalized spacial score (nSPS) is 30.5. The van der Waals surface area contributed by atoms with E-state index in [1.54, 1.807) is 0 Å². The van der Waals surface area contributed by atoms with Gasteiger partial charge in [-0.05, 0) is 12.8 Å². The van der Waals surface area contributed by atoms with E-state index < -0.39 is 0 Å². The third kappa shape index (κ3) is 2.76. The monoisotopic (exact) mass is 171 g/mol. The second-order valence-corrected chi connectivity index (χ2v) is 3.55. The summed E-state index contributed by atoms with van der Waals surface area (Å²) in [6.45, 7) is 6.38. The summed E-state index contributed by atoms with van der Waals surface area (Å²) in [6, 6.07) is 0.615. The van der Waals surface area contributed by atoms with E-state index in [0.29, 0.717) is 12.1 Å². The molecule has 0 amide bonds. The Morgan fingerprint density at radius 1 is 1.25 bits per heavy atom. The van der Waals surface area contributed by atoms with Crippen molar-refractivity contribution in [3.8, 4) is 0 Å². The van der Waals surface area contributed by atoms with E-state index in [2.05, 4.69) is 19.2 Å². The van der Waals surface area contributed by atoms with Crippen LogP contribution >= 0.6 is 0 Å². The van der Waals surface area contributed by atoms with Crippen LogP contribution in [-0.2, 0) is 4.74 Å². The number of rotatable bonds is 4. The fourth-order valence-electron chi connectivity index (χ4n) is 1.87. The van der Waals surface area contributed by atoms with Crippen molar-refractivity contribution < 1.29 is 4.74 Å². The zero-order valence-electron chi connectivity index (χ0n) is 8.31. The number of morpholine rings is 1. The highest BCUT2D eigenvalue weighted by molar-refractivity contribution is 4.79. The van der Waals surface area contributed by atoms with E-state index in [1.807, 2.05) is 0 Å². The van der Waals surface area contributed by atoms with Gasteiger partial charge in [0.25, 0.3) is 0 Å². The number of nitrogens with one attached hydrogen (secondary N) is 1. The third-order valence-corrected chi connectivity index (χ3v) is 2.46. The average Bonchev–Trinajstić information content (AvgIpc) is 2.09. The largest absolute Gasteiger partial charge is 0.375 e. The Morgan fingerprint density at radius 3 is 2.67 bits per heavy atom. The molecule has 2 nitrogen and oxygen atoms in total. The van der Waals surface area contributed by atoms with Crippen molar-refractivity contribution in [3.05, 3.63) is 0 Å². The van der Waals surface area contributed by atoms with E-state index in [9.17, 15) is 0 Å². The van der Waals surface area contributed by atoms with Crippen molar-refractivity contribution in [2.45, 2.75) is 51.7 Å². The molecular formula is C10H21NO. The quantitative estimate of drug-likeness (QED) is 0.698. The molecule has 0 aromatic carbocycles. The van der Waals surface area contributed by atoms with Gasteiger partial charge in [0.15, 0.2) is 0 Å². The minimum atomic E-state index is 0.476. The van der Waals surface area contributed by atoms with Gasteiger partial charge in [-0.15, -0.1) is 0 Å². The lowest BCUT2D eigenvalue weighted by molar-refractivity contribution is -0.0112. The van der Waals surface area contributed by atoms with E-state index >= 15 is 0 Å². The van der Waals surface area contributed by atoms with Crippen LogP contribution in [0.1, 0.15) is 39.5 Å². The molecule has 1 N–H and O–H groups in total. The summed E-state index contributed by atoms with van der Waals surface area (Å²) < 4.78 is 5.72. The summed E-state index contributed by atoms with van der Waals surface area (Å²) in [5.74, 6) is 0. The lowest BCUT2D eigenvalue weighted by atomic mass is 10.0. The molecule has 0 aromatic heterocycles. The number of hydrogen-bond donors (Lipinski definition) is 1. The molecule has 2 atom stereocenters. The van der Waals surface area contributed by atoms with Crippen molar-refractivity contribution in [1.82, 2.24) is 5.32 Å². The molecule has 72 valence electrons. The first-order valence-corrected chi connectivity index (χ1v) is 5.23. The zero-order valence-corrected chi connectivity index (χ0v) is 8.31. The van der Waals surface area contributed by atoms with Crippen LogP contribution < -0.4 is 5.32 Å². The minimum absolute atomic E-state index is 0.476. The van der Waals surface area contributed by atoms with Crippen LogP contribution in [0, 0.1) is 0 Å². The first-order chi connectivity index (χ1) is 5.88. The molecule has 12 heavy (non-hydrogen) atoms. The third-order valence-electron chi connectivity index (χ3n) is 2.46. The standard InChI is InChI=1S/C10H21NO/c1-3-5-9-10(6-4-2)12-8-7-11-9/h9-11H,3-8H2,1-2H3. The predicted molar refractivity (Wildman–Crippen MR) is 51.3 cm³/mol. The second kappa shape index (κ2) is 5.55. The summed E-state index contributed by atoms with van der Waals surface area (Å²) in [7, 11) is 0. The number of hydrogen-bond acceptors (Lipinski definition) is 2.